The predicted molar refractivity (Wildman–Crippen MR) is 148 cm³/mol. The summed E-state index contributed by atoms with van der Waals surface area (Å²) in [5.41, 5.74) is 3.74. The van der Waals surface area contributed by atoms with Crippen LogP contribution in [-0.2, 0) is 27.4 Å². The van der Waals surface area contributed by atoms with Crippen LogP contribution in [0.1, 0.15) is 69.1 Å². The van der Waals surface area contributed by atoms with Gasteiger partial charge >= 0.3 is 5.97 Å². The van der Waals surface area contributed by atoms with Crippen molar-refractivity contribution >= 4 is 23.7 Å². The van der Waals surface area contributed by atoms with E-state index < -0.39 is 17.9 Å². The monoisotopic (exact) mass is 536 g/mol. The van der Waals surface area contributed by atoms with Crippen molar-refractivity contribution in [2.45, 2.75) is 44.8 Å². The predicted octanol–water partition coefficient (Wildman–Crippen LogP) is 4.96. The third-order valence-electron chi connectivity index (χ3n) is 8.54. The Balaban J connectivity index is 1.25. The van der Waals surface area contributed by atoms with Crippen LogP contribution in [0, 0.1) is 11.8 Å². The van der Waals surface area contributed by atoms with E-state index in [0.29, 0.717) is 36.9 Å². The Labute approximate surface area is 233 Å². The molecule has 2 heterocycles. The molecule has 0 N–H and O–H groups in total. The molecular weight excluding hydrogens is 504 g/mol. The molecule has 1 aliphatic carbocycles. The lowest BCUT2D eigenvalue weighted by molar-refractivity contribution is -0.159. The fraction of sp³-hybridized carbons (Fsp3) is 0.333. The molecule has 7 nitrogen and oxygen atoms in total. The maximum atomic E-state index is 14.2. The Morgan fingerprint density at radius 3 is 2.12 bits per heavy atom. The summed E-state index contributed by atoms with van der Waals surface area (Å²) in [4.78, 5) is 57.1. The highest BCUT2D eigenvalue weighted by atomic mass is 16.5. The molecule has 0 radical (unpaired) electrons. The van der Waals surface area contributed by atoms with Gasteiger partial charge < -0.3 is 9.64 Å². The second-order valence-corrected chi connectivity index (χ2v) is 10.9. The van der Waals surface area contributed by atoms with Crippen LogP contribution in [0.3, 0.4) is 0 Å². The number of hydrogen-bond donors (Lipinski definition) is 0. The number of ether oxygens (including phenoxy) is 1. The van der Waals surface area contributed by atoms with E-state index in [1.807, 2.05) is 54.6 Å². The number of rotatable bonds is 6. The second-order valence-electron chi connectivity index (χ2n) is 10.9. The first-order valence-electron chi connectivity index (χ1n) is 14.1. The van der Waals surface area contributed by atoms with E-state index in [4.69, 9.17) is 4.74 Å². The Bertz CT molecular complexity index is 1420. The minimum absolute atomic E-state index is 0.0743. The van der Waals surface area contributed by atoms with Gasteiger partial charge in [0.05, 0.1) is 35.5 Å². The smallest absolute Gasteiger partial charge is 0.310 e. The third-order valence-corrected chi connectivity index (χ3v) is 8.54. The van der Waals surface area contributed by atoms with E-state index >= 15 is 0 Å². The Kier molecular flexibility index (Phi) is 7.20. The zero-order chi connectivity index (χ0) is 27.6. The largest absolute Gasteiger partial charge is 0.461 e. The van der Waals surface area contributed by atoms with Crippen LogP contribution in [0.2, 0.25) is 0 Å². The maximum absolute atomic E-state index is 14.2. The minimum atomic E-state index is -0.512. The highest BCUT2D eigenvalue weighted by molar-refractivity contribution is 6.21. The Morgan fingerprint density at radius 1 is 0.775 bits per heavy atom. The standard InChI is InChI=1S/C33H32N2O5/c36-30(27-16-8-9-17-28(27)33(39)40-21-22-10-2-1-3-11-22)34-19-18-23-12-4-5-13-24(23)29(34)20-35-31(37)25-14-6-7-15-26(25)32(35)38/h1-7,10-15,27-29H,8-9,16-21H2/t27-,28+,29?/m0/s1. The van der Waals surface area contributed by atoms with Gasteiger partial charge in [0.2, 0.25) is 5.91 Å². The van der Waals surface area contributed by atoms with Crippen molar-refractivity contribution in [3.05, 3.63) is 107 Å². The van der Waals surface area contributed by atoms with Gasteiger partial charge in [-0.3, -0.25) is 24.1 Å². The van der Waals surface area contributed by atoms with Crippen LogP contribution in [0.5, 0.6) is 0 Å². The minimum Gasteiger partial charge on any atom is -0.461 e. The second kappa shape index (κ2) is 11.1. The summed E-state index contributed by atoms with van der Waals surface area (Å²) in [5.74, 6) is -2.12. The third kappa shape index (κ3) is 4.81. The molecule has 6 rings (SSSR count). The van der Waals surface area contributed by atoms with Gasteiger partial charge in [0.25, 0.3) is 11.8 Å². The van der Waals surface area contributed by atoms with Crippen LogP contribution < -0.4 is 0 Å². The zero-order valence-corrected chi connectivity index (χ0v) is 22.3. The Hall–Kier alpha value is -4.26. The molecule has 3 aromatic rings. The summed E-state index contributed by atoms with van der Waals surface area (Å²) < 4.78 is 5.68. The number of hydrogen-bond acceptors (Lipinski definition) is 5. The molecule has 3 amide bonds. The number of nitrogens with zero attached hydrogens (tertiary/aromatic N) is 2. The zero-order valence-electron chi connectivity index (χ0n) is 22.3. The van der Waals surface area contributed by atoms with Gasteiger partial charge in [0, 0.05) is 6.54 Å². The lowest BCUT2D eigenvalue weighted by atomic mass is 9.77. The summed E-state index contributed by atoms with van der Waals surface area (Å²) in [6.07, 6.45) is 3.64. The van der Waals surface area contributed by atoms with Gasteiger partial charge in [-0.25, -0.2) is 0 Å². The number of amides is 3. The van der Waals surface area contributed by atoms with E-state index in [1.54, 1.807) is 29.2 Å². The SMILES string of the molecule is O=C(OCc1ccccc1)[C@@H]1CCCC[C@@H]1C(=O)N1CCc2ccccc2C1CN1C(=O)c2ccccc2C1=O. The molecule has 40 heavy (non-hydrogen) atoms. The molecule has 3 aromatic carbocycles. The van der Waals surface area contributed by atoms with Gasteiger partial charge in [-0.2, -0.15) is 0 Å². The van der Waals surface area contributed by atoms with Crippen LogP contribution >= 0.6 is 0 Å². The Morgan fingerprint density at radius 2 is 1.40 bits per heavy atom. The van der Waals surface area contributed by atoms with Crippen molar-refractivity contribution in [1.82, 2.24) is 9.80 Å². The molecule has 3 aliphatic rings. The van der Waals surface area contributed by atoms with E-state index in [2.05, 4.69) is 0 Å². The first-order chi connectivity index (χ1) is 19.5. The molecule has 1 unspecified atom stereocenters. The molecule has 204 valence electrons. The fourth-order valence-electron chi connectivity index (χ4n) is 6.45. The molecular formula is C33H32N2O5. The van der Waals surface area contributed by atoms with Crippen molar-refractivity contribution in [2.24, 2.45) is 11.8 Å². The van der Waals surface area contributed by atoms with Gasteiger partial charge in [-0.05, 0) is 48.1 Å². The van der Waals surface area contributed by atoms with Gasteiger partial charge in [0.15, 0.2) is 0 Å². The molecule has 2 aliphatic heterocycles. The normalized spacial score (nSPS) is 22.1. The van der Waals surface area contributed by atoms with Crippen LogP contribution in [-0.4, -0.2) is 46.6 Å². The molecule has 0 saturated heterocycles. The van der Waals surface area contributed by atoms with Gasteiger partial charge in [0.1, 0.15) is 6.61 Å². The summed E-state index contributed by atoms with van der Waals surface area (Å²) in [6.45, 7) is 0.716. The van der Waals surface area contributed by atoms with E-state index in [-0.39, 0.29) is 36.8 Å². The number of carbonyl (C=O) groups excluding carboxylic acids is 4. The summed E-state index contributed by atoms with van der Waals surface area (Å²) in [6, 6.07) is 23.8. The molecule has 1 saturated carbocycles. The number of carbonyl (C=O) groups is 4. The summed E-state index contributed by atoms with van der Waals surface area (Å²) >= 11 is 0. The van der Waals surface area contributed by atoms with Crippen molar-refractivity contribution in [1.29, 1.82) is 0 Å². The number of benzene rings is 3. The van der Waals surface area contributed by atoms with E-state index in [9.17, 15) is 19.2 Å². The maximum Gasteiger partial charge on any atom is 0.310 e. The van der Waals surface area contributed by atoms with Crippen LogP contribution in [0.15, 0.2) is 78.9 Å². The number of fused-ring (bicyclic) bond motifs is 2. The summed E-state index contributed by atoms with van der Waals surface area (Å²) in [7, 11) is 0. The van der Waals surface area contributed by atoms with Crippen molar-refractivity contribution in [3.8, 4) is 0 Å². The molecule has 0 aromatic heterocycles. The number of esters is 1. The van der Waals surface area contributed by atoms with Gasteiger partial charge in [-0.1, -0.05) is 79.6 Å². The van der Waals surface area contributed by atoms with E-state index in [0.717, 1.165) is 29.5 Å². The van der Waals surface area contributed by atoms with Crippen molar-refractivity contribution < 1.29 is 23.9 Å². The molecule has 1 fully saturated rings. The van der Waals surface area contributed by atoms with Crippen molar-refractivity contribution in [3.63, 3.8) is 0 Å². The number of imide groups is 1. The topological polar surface area (TPSA) is 84.0 Å². The lowest BCUT2D eigenvalue weighted by Gasteiger charge is -2.42. The fourth-order valence-corrected chi connectivity index (χ4v) is 6.45. The average Bonchev–Trinajstić information content (AvgIpc) is 3.25. The van der Waals surface area contributed by atoms with Crippen LogP contribution in [0.25, 0.3) is 0 Å². The van der Waals surface area contributed by atoms with Crippen molar-refractivity contribution in [2.75, 3.05) is 13.1 Å². The molecule has 0 spiro atoms. The molecule has 7 heteroatoms. The first-order valence-corrected chi connectivity index (χ1v) is 14.1. The average molecular weight is 537 g/mol. The highest BCUT2D eigenvalue weighted by Gasteiger charge is 2.44. The highest BCUT2D eigenvalue weighted by Crippen LogP contribution is 2.38. The van der Waals surface area contributed by atoms with Gasteiger partial charge in [-0.15, -0.1) is 0 Å². The molecule has 3 atom stereocenters. The first kappa shape index (κ1) is 26.0. The molecule has 0 bridgehead atoms. The quantitative estimate of drug-likeness (QED) is 0.329. The van der Waals surface area contributed by atoms with Crippen LogP contribution in [0.4, 0.5) is 0 Å². The van der Waals surface area contributed by atoms with E-state index in [1.165, 1.54) is 4.90 Å². The lowest BCUT2D eigenvalue weighted by Crippen LogP contribution is -2.50. The summed E-state index contributed by atoms with van der Waals surface area (Å²) in [5, 5.41) is 0.